The molecule has 1 aromatic carbocycles. The molecule has 0 aliphatic carbocycles. The van der Waals surface area contributed by atoms with Gasteiger partial charge in [0.2, 0.25) is 5.88 Å². The number of aromatic nitrogens is 1. The minimum atomic E-state index is -2.92. The molecule has 0 aliphatic rings. The van der Waals surface area contributed by atoms with Crippen LogP contribution in [0.5, 0.6) is 11.6 Å². The van der Waals surface area contributed by atoms with E-state index in [9.17, 15) is 8.78 Å². The predicted molar refractivity (Wildman–Crippen MR) is 116 cm³/mol. The fraction of sp³-hybridized carbons (Fsp3) is 0.333. The number of alkyl halides is 2. The molecular formula is C18H22ClF2IN4O2. The number of benzene rings is 1. The third kappa shape index (κ3) is 7.63. The van der Waals surface area contributed by atoms with Crippen molar-refractivity contribution in [1.29, 1.82) is 0 Å². The van der Waals surface area contributed by atoms with Crippen LogP contribution in [0.25, 0.3) is 0 Å². The first-order chi connectivity index (χ1) is 13.0. The Kier molecular flexibility index (Phi) is 10.8. The largest absolute Gasteiger partial charge is 0.481 e. The van der Waals surface area contributed by atoms with Crippen LogP contribution >= 0.6 is 35.6 Å². The lowest BCUT2D eigenvalue weighted by Gasteiger charge is -2.14. The van der Waals surface area contributed by atoms with Crippen molar-refractivity contribution in [3.05, 3.63) is 52.7 Å². The maximum atomic E-state index is 12.6. The lowest BCUT2D eigenvalue weighted by Crippen LogP contribution is -2.36. The van der Waals surface area contributed by atoms with Gasteiger partial charge in [0.05, 0.1) is 13.7 Å². The molecule has 0 unspecified atom stereocenters. The van der Waals surface area contributed by atoms with Crippen molar-refractivity contribution in [2.45, 2.75) is 26.6 Å². The Morgan fingerprint density at radius 1 is 1.25 bits per heavy atom. The van der Waals surface area contributed by atoms with E-state index < -0.39 is 6.61 Å². The average molecular weight is 527 g/mol. The van der Waals surface area contributed by atoms with Gasteiger partial charge in [0.1, 0.15) is 5.75 Å². The number of methoxy groups -OCH3 is 1. The summed E-state index contributed by atoms with van der Waals surface area (Å²) in [6.45, 7) is 0.178. The van der Waals surface area contributed by atoms with Crippen LogP contribution in [0.3, 0.4) is 0 Å². The molecule has 28 heavy (non-hydrogen) atoms. The van der Waals surface area contributed by atoms with Gasteiger partial charge >= 0.3 is 6.61 Å². The molecule has 0 saturated carbocycles. The molecule has 10 heteroatoms. The number of ether oxygens (including phenoxy) is 2. The Bertz CT molecular complexity index is 781. The summed E-state index contributed by atoms with van der Waals surface area (Å²) >= 11 is 5.96. The maximum Gasteiger partial charge on any atom is 0.387 e. The van der Waals surface area contributed by atoms with Gasteiger partial charge in [-0.15, -0.1) is 24.0 Å². The Morgan fingerprint density at radius 3 is 2.71 bits per heavy atom. The zero-order valence-corrected chi connectivity index (χ0v) is 18.5. The molecule has 1 aromatic heterocycles. The molecule has 0 fully saturated rings. The Labute approximate surface area is 184 Å². The molecular weight excluding hydrogens is 505 g/mol. The van der Waals surface area contributed by atoms with E-state index in [1.807, 2.05) is 19.1 Å². The zero-order chi connectivity index (χ0) is 19.6. The minimum Gasteiger partial charge on any atom is -0.481 e. The smallest absolute Gasteiger partial charge is 0.387 e. The summed E-state index contributed by atoms with van der Waals surface area (Å²) in [6, 6.07) is 8.14. The first kappa shape index (κ1) is 24.2. The highest BCUT2D eigenvalue weighted by Crippen LogP contribution is 2.25. The van der Waals surface area contributed by atoms with Crippen LogP contribution in [0.15, 0.2) is 41.5 Å². The lowest BCUT2D eigenvalue weighted by atomic mass is 10.2. The molecule has 6 nitrogen and oxygen atoms in total. The molecule has 0 amide bonds. The van der Waals surface area contributed by atoms with Crippen molar-refractivity contribution in [2.24, 2.45) is 4.99 Å². The summed E-state index contributed by atoms with van der Waals surface area (Å²) in [5.41, 5.74) is 1.31. The second-order valence-electron chi connectivity index (χ2n) is 5.35. The second-order valence-corrected chi connectivity index (χ2v) is 5.79. The van der Waals surface area contributed by atoms with Crippen LogP contribution in [-0.4, -0.2) is 31.2 Å². The number of hydrogen-bond donors (Lipinski definition) is 2. The van der Waals surface area contributed by atoms with Gasteiger partial charge < -0.3 is 20.1 Å². The van der Waals surface area contributed by atoms with Gasteiger partial charge in [-0.25, -0.2) is 9.98 Å². The summed E-state index contributed by atoms with van der Waals surface area (Å²) in [7, 11) is 1.55. The third-order valence-corrected chi connectivity index (χ3v) is 3.72. The molecule has 0 aliphatic heterocycles. The van der Waals surface area contributed by atoms with Crippen LogP contribution in [0.2, 0.25) is 5.02 Å². The van der Waals surface area contributed by atoms with Gasteiger partial charge in [-0.2, -0.15) is 8.78 Å². The first-order valence-electron chi connectivity index (χ1n) is 8.26. The van der Waals surface area contributed by atoms with Gasteiger partial charge in [0.25, 0.3) is 0 Å². The minimum absolute atomic E-state index is 0. The fourth-order valence-corrected chi connectivity index (χ4v) is 2.50. The van der Waals surface area contributed by atoms with Crippen molar-refractivity contribution in [3.63, 3.8) is 0 Å². The van der Waals surface area contributed by atoms with E-state index >= 15 is 0 Å². The quantitative estimate of drug-likeness (QED) is 0.306. The van der Waals surface area contributed by atoms with Crippen molar-refractivity contribution >= 4 is 41.5 Å². The Morgan fingerprint density at radius 2 is 2.04 bits per heavy atom. The molecule has 0 bridgehead atoms. The molecule has 0 saturated heterocycles. The fourth-order valence-electron chi connectivity index (χ4n) is 2.31. The highest BCUT2D eigenvalue weighted by Gasteiger charge is 2.11. The number of nitrogens with one attached hydrogen (secondary N) is 2. The van der Waals surface area contributed by atoms with Gasteiger partial charge in [-0.05, 0) is 31.2 Å². The Hall–Kier alpha value is -1.88. The molecule has 154 valence electrons. The van der Waals surface area contributed by atoms with Crippen LogP contribution in [0, 0.1) is 0 Å². The molecule has 0 atom stereocenters. The van der Waals surface area contributed by atoms with Crippen LogP contribution in [0.4, 0.5) is 8.78 Å². The van der Waals surface area contributed by atoms with E-state index in [0.717, 1.165) is 5.56 Å². The van der Waals surface area contributed by atoms with E-state index in [-0.39, 0.29) is 36.3 Å². The number of halogens is 4. The zero-order valence-electron chi connectivity index (χ0n) is 15.4. The second kappa shape index (κ2) is 12.6. The summed E-state index contributed by atoms with van der Waals surface area (Å²) in [4.78, 5) is 8.55. The molecule has 2 aromatic rings. The molecule has 1 heterocycles. The monoisotopic (exact) mass is 526 g/mol. The summed E-state index contributed by atoms with van der Waals surface area (Å²) < 4.78 is 34.9. The number of rotatable bonds is 8. The van der Waals surface area contributed by atoms with E-state index in [1.165, 1.54) is 12.1 Å². The topological polar surface area (TPSA) is 67.8 Å². The van der Waals surface area contributed by atoms with Crippen molar-refractivity contribution < 1.29 is 18.3 Å². The number of hydrogen-bond acceptors (Lipinski definition) is 4. The molecule has 2 N–H and O–H groups in total. The number of aliphatic imine (C=N–C) groups is 1. The molecule has 0 spiro atoms. The molecule has 2 rings (SSSR count). The average Bonchev–Trinajstić information content (AvgIpc) is 2.65. The normalized spacial score (nSPS) is 11.0. The van der Waals surface area contributed by atoms with Crippen LogP contribution in [0.1, 0.15) is 18.1 Å². The lowest BCUT2D eigenvalue weighted by molar-refractivity contribution is -0.0504. The van der Waals surface area contributed by atoms with E-state index in [1.54, 1.807) is 19.4 Å². The predicted octanol–water partition coefficient (Wildman–Crippen LogP) is 4.22. The van der Waals surface area contributed by atoms with E-state index in [2.05, 4.69) is 25.3 Å². The summed E-state index contributed by atoms with van der Waals surface area (Å²) in [5, 5.41) is 6.66. The SMILES string of the molecule is CCNC(=NCc1cc(Cl)ccc1OC(F)F)NCc1cccnc1OC.I. The Balaban J connectivity index is 0.00000392. The summed E-state index contributed by atoms with van der Waals surface area (Å²) in [5.74, 6) is 1.07. The number of pyridine rings is 1. The number of guanidine groups is 1. The highest BCUT2D eigenvalue weighted by molar-refractivity contribution is 14.0. The highest BCUT2D eigenvalue weighted by atomic mass is 127. The first-order valence-corrected chi connectivity index (χ1v) is 8.64. The van der Waals surface area contributed by atoms with Crippen molar-refractivity contribution in [3.8, 4) is 11.6 Å². The van der Waals surface area contributed by atoms with E-state index in [0.29, 0.717) is 35.5 Å². The van der Waals surface area contributed by atoms with Crippen molar-refractivity contribution in [2.75, 3.05) is 13.7 Å². The molecule has 0 radical (unpaired) electrons. The summed E-state index contributed by atoms with van der Waals surface area (Å²) in [6.07, 6.45) is 1.64. The van der Waals surface area contributed by atoms with E-state index in [4.69, 9.17) is 16.3 Å². The van der Waals surface area contributed by atoms with Gasteiger partial charge in [0, 0.05) is 35.4 Å². The standard InChI is InChI=1S/C18H21ClF2N4O2.HI/c1-3-22-18(24-10-12-5-4-8-23-16(12)26-2)25-11-13-9-14(19)6-7-15(13)27-17(20)21;/h4-9,17H,3,10-11H2,1-2H3,(H2,22,24,25);1H. The van der Waals surface area contributed by atoms with Crippen molar-refractivity contribution in [1.82, 2.24) is 15.6 Å². The number of nitrogens with zero attached hydrogens (tertiary/aromatic N) is 2. The van der Waals surface area contributed by atoms with Gasteiger partial charge in [-0.3, -0.25) is 0 Å². The maximum absolute atomic E-state index is 12.6. The van der Waals surface area contributed by atoms with Gasteiger partial charge in [-0.1, -0.05) is 17.7 Å². The van der Waals surface area contributed by atoms with Crippen LogP contribution in [-0.2, 0) is 13.1 Å². The van der Waals surface area contributed by atoms with Crippen LogP contribution < -0.4 is 20.1 Å². The van der Waals surface area contributed by atoms with Gasteiger partial charge in [0.15, 0.2) is 5.96 Å². The third-order valence-electron chi connectivity index (χ3n) is 3.48.